The van der Waals surface area contributed by atoms with Crippen molar-refractivity contribution >= 4 is 33.0 Å². The van der Waals surface area contributed by atoms with Crippen LogP contribution in [-0.4, -0.2) is 43.4 Å². The fourth-order valence-corrected chi connectivity index (χ4v) is 2.56. The molecule has 1 aromatic rings. The Labute approximate surface area is 118 Å². The van der Waals surface area contributed by atoms with Crippen molar-refractivity contribution in [1.82, 2.24) is 9.88 Å². The van der Waals surface area contributed by atoms with Gasteiger partial charge >= 0.3 is 0 Å². The Morgan fingerprint density at radius 1 is 1.39 bits per heavy atom. The highest BCUT2D eigenvalue weighted by molar-refractivity contribution is 7.91. The predicted octanol–water partition coefficient (Wildman–Crippen LogP) is 2.25. The average Bonchev–Trinajstić information content (AvgIpc) is 2.33. The molecule has 0 saturated carbocycles. The summed E-state index contributed by atoms with van der Waals surface area (Å²) in [5, 5.41) is 0.876. The number of halogens is 2. The van der Waals surface area contributed by atoms with E-state index in [-0.39, 0.29) is 11.5 Å². The zero-order valence-corrected chi connectivity index (χ0v) is 12.7. The predicted molar refractivity (Wildman–Crippen MR) is 74.9 cm³/mol. The first kappa shape index (κ1) is 15.7. The molecular formula is C11H16Cl2N2O2S. The molecule has 0 aromatic carbocycles. The van der Waals surface area contributed by atoms with E-state index in [9.17, 15) is 8.42 Å². The molecule has 4 nitrogen and oxygen atoms in total. The van der Waals surface area contributed by atoms with Gasteiger partial charge in [-0.2, -0.15) is 0 Å². The summed E-state index contributed by atoms with van der Waals surface area (Å²) in [6, 6.07) is 1.62. The Morgan fingerprint density at radius 2 is 2.06 bits per heavy atom. The van der Waals surface area contributed by atoms with Gasteiger partial charge in [-0.3, -0.25) is 9.88 Å². The molecule has 102 valence electrons. The number of rotatable bonds is 6. The lowest BCUT2D eigenvalue weighted by Crippen LogP contribution is -2.26. The third kappa shape index (κ3) is 4.72. The molecule has 0 saturated heterocycles. The number of sulfone groups is 1. The summed E-state index contributed by atoms with van der Waals surface area (Å²) in [6.45, 7) is 2.56. The van der Waals surface area contributed by atoms with Gasteiger partial charge in [0.25, 0.3) is 0 Å². The first-order valence-corrected chi connectivity index (χ1v) is 8.11. The zero-order valence-electron chi connectivity index (χ0n) is 10.4. The van der Waals surface area contributed by atoms with E-state index in [4.69, 9.17) is 23.2 Å². The van der Waals surface area contributed by atoms with Crippen molar-refractivity contribution in [2.45, 2.75) is 13.5 Å². The van der Waals surface area contributed by atoms with Crippen LogP contribution in [0.4, 0.5) is 0 Å². The maximum absolute atomic E-state index is 11.4. The fourth-order valence-electron chi connectivity index (χ4n) is 1.34. The number of pyridine rings is 1. The van der Waals surface area contributed by atoms with E-state index in [0.29, 0.717) is 28.8 Å². The third-order valence-electron chi connectivity index (χ3n) is 2.56. The standard InChI is InChI=1S/C11H16Cl2N2O2S/c1-3-18(16,17)7-6-15(2)8-10-11(13)9(12)4-5-14-10/h4-5H,3,6-8H2,1-2H3. The molecule has 0 aliphatic heterocycles. The zero-order chi connectivity index (χ0) is 13.8. The highest BCUT2D eigenvalue weighted by Crippen LogP contribution is 2.24. The molecule has 0 radical (unpaired) electrons. The average molecular weight is 311 g/mol. The van der Waals surface area contributed by atoms with Crippen molar-refractivity contribution in [3.8, 4) is 0 Å². The highest BCUT2D eigenvalue weighted by atomic mass is 35.5. The maximum Gasteiger partial charge on any atom is 0.151 e. The van der Waals surface area contributed by atoms with Crippen LogP contribution in [0.15, 0.2) is 12.3 Å². The van der Waals surface area contributed by atoms with Gasteiger partial charge in [0.15, 0.2) is 9.84 Å². The lowest BCUT2D eigenvalue weighted by molar-refractivity contribution is 0.342. The summed E-state index contributed by atoms with van der Waals surface area (Å²) in [6.07, 6.45) is 1.58. The molecule has 0 amide bonds. The van der Waals surface area contributed by atoms with E-state index >= 15 is 0 Å². The minimum absolute atomic E-state index is 0.137. The topological polar surface area (TPSA) is 50.3 Å². The summed E-state index contributed by atoms with van der Waals surface area (Å²) in [4.78, 5) is 6.00. The van der Waals surface area contributed by atoms with E-state index in [2.05, 4.69) is 4.98 Å². The minimum Gasteiger partial charge on any atom is -0.299 e. The van der Waals surface area contributed by atoms with Crippen LogP contribution in [0.1, 0.15) is 12.6 Å². The van der Waals surface area contributed by atoms with E-state index in [1.165, 1.54) is 0 Å². The van der Waals surface area contributed by atoms with Crippen LogP contribution in [-0.2, 0) is 16.4 Å². The van der Waals surface area contributed by atoms with Crippen molar-refractivity contribution in [2.75, 3.05) is 25.1 Å². The van der Waals surface area contributed by atoms with Gasteiger partial charge in [-0.25, -0.2) is 8.42 Å². The monoisotopic (exact) mass is 310 g/mol. The molecule has 0 N–H and O–H groups in total. The van der Waals surface area contributed by atoms with E-state index in [1.54, 1.807) is 19.2 Å². The molecular weight excluding hydrogens is 295 g/mol. The molecule has 0 aliphatic rings. The summed E-state index contributed by atoms with van der Waals surface area (Å²) in [7, 11) is -1.12. The van der Waals surface area contributed by atoms with Crippen LogP contribution >= 0.6 is 23.2 Å². The first-order valence-electron chi connectivity index (χ1n) is 5.53. The Balaban J connectivity index is 2.60. The highest BCUT2D eigenvalue weighted by Gasteiger charge is 2.12. The molecule has 0 bridgehead atoms. The fraction of sp³-hybridized carbons (Fsp3) is 0.545. The lowest BCUT2D eigenvalue weighted by Gasteiger charge is -2.16. The SMILES string of the molecule is CCS(=O)(=O)CCN(C)Cc1nccc(Cl)c1Cl. The van der Waals surface area contributed by atoms with Crippen LogP contribution in [0.25, 0.3) is 0 Å². The van der Waals surface area contributed by atoms with Gasteiger partial charge in [0.2, 0.25) is 0 Å². The molecule has 0 atom stereocenters. The molecule has 0 unspecified atom stereocenters. The molecule has 1 rings (SSSR count). The second kappa shape index (κ2) is 6.70. The number of aromatic nitrogens is 1. The minimum atomic E-state index is -2.95. The van der Waals surface area contributed by atoms with Crippen LogP contribution < -0.4 is 0 Å². The van der Waals surface area contributed by atoms with Gasteiger partial charge in [0, 0.05) is 25.0 Å². The number of hydrogen-bond donors (Lipinski definition) is 0. The van der Waals surface area contributed by atoms with Gasteiger partial charge in [0.05, 0.1) is 21.5 Å². The van der Waals surface area contributed by atoms with E-state index < -0.39 is 9.84 Å². The van der Waals surface area contributed by atoms with Crippen molar-refractivity contribution in [2.24, 2.45) is 0 Å². The molecule has 1 heterocycles. The van der Waals surface area contributed by atoms with Gasteiger partial charge < -0.3 is 0 Å². The van der Waals surface area contributed by atoms with E-state index in [0.717, 1.165) is 0 Å². The Kier molecular flexibility index (Phi) is 5.85. The Hall–Kier alpha value is -0.360. The summed E-state index contributed by atoms with van der Waals surface area (Å²) in [5.74, 6) is 0.301. The number of nitrogens with zero attached hydrogens (tertiary/aromatic N) is 2. The normalized spacial score (nSPS) is 12.1. The van der Waals surface area contributed by atoms with Crippen molar-refractivity contribution in [3.05, 3.63) is 28.0 Å². The summed E-state index contributed by atoms with van der Waals surface area (Å²) >= 11 is 11.9. The quantitative estimate of drug-likeness (QED) is 0.808. The lowest BCUT2D eigenvalue weighted by atomic mass is 10.3. The van der Waals surface area contributed by atoms with Gasteiger partial charge in [0.1, 0.15) is 0 Å². The van der Waals surface area contributed by atoms with Crippen molar-refractivity contribution in [1.29, 1.82) is 0 Å². The van der Waals surface area contributed by atoms with Crippen molar-refractivity contribution in [3.63, 3.8) is 0 Å². The molecule has 1 aromatic heterocycles. The second-order valence-corrected chi connectivity index (χ2v) is 7.29. The van der Waals surface area contributed by atoms with Crippen LogP contribution in [0.2, 0.25) is 10.0 Å². The number of hydrogen-bond acceptors (Lipinski definition) is 4. The van der Waals surface area contributed by atoms with Crippen LogP contribution in [0, 0.1) is 0 Å². The molecule has 0 fully saturated rings. The molecule has 0 aliphatic carbocycles. The summed E-state index contributed by atoms with van der Waals surface area (Å²) < 4.78 is 22.8. The maximum atomic E-state index is 11.4. The van der Waals surface area contributed by atoms with Crippen molar-refractivity contribution < 1.29 is 8.42 Å². The van der Waals surface area contributed by atoms with Crippen LogP contribution in [0.5, 0.6) is 0 Å². The molecule has 7 heteroatoms. The van der Waals surface area contributed by atoms with Crippen LogP contribution in [0.3, 0.4) is 0 Å². The molecule has 18 heavy (non-hydrogen) atoms. The second-order valence-electron chi connectivity index (χ2n) is 4.03. The smallest absolute Gasteiger partial charge is 0.151 e. The Bertz CT molecular complexity index is 506. The van der Waals surface area contributed by atoms with Gasteiger partial charge in [-0.05, 0) is 13.1 Å². The first-order chi connectivity index (χ1) is 8.35. The largest absolute Gasteiger partial charge is 0.299 e. The van der Waals surface area contributed by atoms with Gasteiger partial charge in [-0.15, -0.1) is 0 Å². The van der Waals surface area contributed by atoms with Gasteiger partial charge in [-0.1, -0.05) is 30.1 Å². The third-order valence-corrected chi connectivity index (χ3v) is 5.08. The Morgan fingerprint density at radius 3 is 2.67 bits per heavy atom. The molecule has 0 spiro atoms. The summed E-state index contributed by atoms with van der Waals surface area (Å²) in [5.41, 5.74) is 0.653. The van der Waals surface area contributed by atoms with E-state index in [1.807, 2.05) is 11.9 Å².